The van der Waals surface area contributed by atoms with Crippen molar-refractivity contribution in [2.24, 2.45) is 0 Å². The van der Waals surface area contributed by atoms with Crippen LogP contribution in [0.3, 0.4) is 0 Å². The molecule has 3 nitrogen and oxygen atoms in total. The molecule has 0 fully saturated rings. The maximum Gasteiger partial charge on any atom is 0.407 e. The lowest BCUT2D eigenvalue weighted by Gasteiger charge is -2.20. The highest BCUT2D eigenvalue weighted by atomic mass is 19.4. The molecule has 1 heterocycles. The zero-order chi connectivity index (χ0) is 8.48. The molecule has 0 atom stereocenters. The van der Waals surface area contributed by atoms with Gasteiger partial charge in [0, 0.05) is 11.9 Å². The summed E-state index contributed by atoms with van der Waals surface area (Å²) < 4.78 is 35.2. The Kier molecular flexibility index (Phi) is 1.95. The van der Waals surface area contributed by atoms with Gasteiger partial charge in [0.15, 0.2) is 0 Å². The molecule has 1 aliphatic heterocycles. The SMILES string of the molecule is CC1=CNNN1CC(F)(F)F. The first kappa shape index (κ1) is 8.19. The fraction of sp³-hybridized carbons (Fsp3) is 0.600. The Balaban J connectivity index is 2.45. The first-order valence-corrected chi connectivity index (χ1v) is 3.01. The Hall–Kier alpha value is -0.910. The second kappa shape index (κ2) is 2.61. The minimum Gasteiger partial charge on any atom is -0.309 e. The third-order valence-electron chi connectivity index (χ3n) is 1.24. The van der Waals surface area contributed by atoms with Gasteiger partial charge < -0.3 is 5.43 Å². The van der Waals surface area contributed by atoms with Crippen LogP contribution in [-0.2, 0) is 0 Å². The van der Waals surface area contributed by atoms with E-state index in [0.717, 1.165) is 5.01 Å². The van der Waals surface area contributed by atoms with Crippen LogP contribution in [0.4, 0.5) is 13.2 Å². The van der Waals surface area contributed by atoms with Crippen molar-refractivity contribution >= 4 is 0 Å². The predicted octanol–water partition coefficient (Wildman–Crippen LogP) is 0.735. The van der Waals surface area contributed by atoms with Crippen LogP contribution in [0.1, 0.15) is 6.92 Å². The predicted molar refractivity (Wildman–Crippen MR) is 32.8 cm³/mol. The van der Waals surface area contributed by atoms with Crippen LogP contribution >= 0.6 is 0 Å². The molecule has 0 aliphatic carbocycles. The van der Waals surface area contributed by atoms with E-state index in [1.807, 2.05) is 0 Å². The number of halogens is 3. The molecule has 6 heteroatoms. The van der Waals surface area contributed by atoms with E-state index in [9.17, 15) is 13.2 Å². The minimum atomic E-state index is -4.17. The van der Waals surface area contributed by atoms with Crippen molar-refractivity contribution in [1.29, 1.82) is 0 Å². The summed E-state index contributed by atoms with van der Waals surface area (Å²) in [7, 11) is 0. The molecular formula is C5H8F3N3. The molecule has 0 amide bonds. The molecule has 11 heavy (non-hydrogen) atoms. The number of alkyl halides is 3. The maximum atomic E-state index is 11.7. The van der Waals surface area contributed by atoms with E-state index in [0.29, 0.717) is 5.70 Å². The van der Waals surface area contributed by atoms with Gasteiger partial charge in [-0.25, -0.2) is 0 Å². The van der Waals surface area contributed by atoms with Gasteiger partial charge in [-0.2, -0.15) is 13.2 Å². The van der Waals surface area contributed by atoms with E-state index in [-0.39, 0.29) is 0 Å². The molecule has 0 aromatic heterocycles. The molecule has 64 valence electrons. The lowest BCUT2D eigenvalue weighted by Crippen LogP contribution is -2.42. The number of nitrogens with zero attached hydrogens (tertiary/aromatic N) is 1. The third-order valence-corrected chi connectivity index (χ3v) is 1.24. The Morgan fingerprint density at radius 1 is 1.55 bits per heavy atom. The van der Waals surface area contributed by atoms with Crippen molar-refractivity contribution in [3.05, 3.63) is 11.9 Å². The molecular weight excluding hydrogens is 159 g/mol. The van der Waals surface area contributed by atoms with Crippen molar-refractivity contribution in [1.82, 2.24) is 16.0 Å². The third kappa shape index (κ3) is 2.30. The van der Waals surface area contributed by atoms with Gasteiger partial charge in [-0.05, 0) is 6.92 Å². The van der Waals surface area contributed by atoms with Gasteiger partial charge in [-0.3, -0.25) is 5.01 Å². The van der Waals surface area contributed by atoms with Crippen LogP contribution in [0.15, 0.2) is 11.9 Å². The summed E-state index contributed by atoms with van der Waals surface area (Å²) in [6, 6.07) is 0. The molecule has 0 spiro atoms. The van der Waals surface area contributed by atoms with Gasteiger partial charge in [0.1, 0.15) is 6.54 Å². The topological polar surface area (TPSA) is 27.3 Å². The number of hydrogen-bond acceptors (Lipinski definition) is 3. The summed E-state index contributed by atoms with van der Waals surface area (Å²) in [4.78, 5) is 0. The molecule has 2 N–H and O–H groups in total. The Bertz CT molecular complexity index is 174. The Morgan fingerprint density at radius 2 is 2.18 bits per heavy atom. The van der Waals surface area contributed by atoms with Gasteiger partial charge in [0.2, 0.25) is 0 Å². The van der Waals surface area contributed by atoms with Gasteiger partial charge in [0.25, 0.3) is 0 Å². The van der Waals surface area contributed by atoms with Gasteiger partial charge in [-0.15, -0.1) is 5.53 Å². The van der Waals surface area contributed by atoms with E-state index in [1.165, 1.54) is 6.20 Å². The highest BCUT2D eigenvalue weighted by molar-refractivity contribution is 4.98. The van der Waals surface area contributed by atoms with E-state index < -0.39 is 12.7 Å². The molecule has 0 saturated carbocycles. The Labute approximate surface area is 61.8 Å². The number of allylic oxidation sites excluding steroid dienone is 1. The summed E-state index contributed by atoms with van der Waals surface area (Å²) in [5.41, 5.74) is 5.31. The average Bonchev–Trinajstić information content (AvgIpc) is 2.12. The zero-order valence-electron chi connectivity index (χ0n) is 5.87. The first-order valence-electron chi connectivity index (χ1n) is 3.01. The lowest BCUT2D eigenvalue weighted by molar-refractivity contribution is -0.147. The zero-order valence-corrected chi connectivity index (χ0v) is 5.87. The standard InChI is InChI=1S/C5H8F3N3/c1-4-2-9-10-11(4)3-5(6,7)8/h2,9-10H,3H2,1H3. The van der Waals surface area contributed by atoms with Crippen molar-refractivity contribution < 1.29 is 13.2 Å². The van der Waals surface area contributed by atoms with Gasteiger partial charge in [0.05, 0.1) is 0 Å². The number of nitrogens with one attached hydrogen (secondary N) is 2. The molecule has 0 unspecified atom stereocenters. The average molecular weight is 167 g/mol. The van der Waals surface area contributed by atoms with Crippen LogP contribution in [-0.4, -0.2) is 17.7 Å². The second-order valence-corrected chi connectivity index (χ2v) is 2.24. The molecule has 0 aromatic carbocycles. The normalized spacial score (nSPS) is 18.2. The van der Waals surface area contributed by atoms with Gasteiger partial charge >= 0.3 is 6.18 Å². The highest BCUT2D eigenvalue weighted by Crippen LogP contribution is 2.18. The maximum absolute atomic E-state index is 11.7. The summed E-state index contributed by atoms with van der Waals surface area (Å²) >= 11 is 0. The number of rotatable bonds is 1. The molecule has 0 bridgehead atoms. The van der Waals surface area contributed by atoms with E-state index in [1.54, 1.807) is 6.92 Å². The summed E-state index contributed by atoms with van der Waals surface area (Å²) in [6.45, 7) is 0.598. The molecule has 1 aliphatic rings. The van der Waals surface area contributed by atoms with Crippen LogP contribution < -0.4 is 11.0 Å². The van der Waals surface area contributed by atoms with Crippen LogP contribution in [0.25, 0.3) is 0 Å². The second-order valence-electron chi connectivity index (χ2n) is 2.24. The Morgan fingerprint density at radius 3 is 2.55 bits per heavy atom. The highest BCUT2D eigenvalue weighted by Gasteiger charge is 2.32. The summed E-state index contributed by atoms with van der Waals surface area (Å²) in [5, 5.41) is 0.986. The summed E-state index contributed by atoms with van der Waals surface area (Å²) in [5.74, 6) is 0. The number of hydrazine groups is 2. The van der Waals surface area contributed by atoms with E-state index >= 15 is 0 Å². The molecule has 0 saturated heterocycles. The fourth-order valence-electron chi connectivity index (χ4n) is 0.724. The van der Waals surface area contributed by atoms with Gasteiger partial charge in [-0.1, -0.05) is 0 Å². The van der Waals surface area contributed by atoms with Crippen molar-refractivity contribution in [3.8, 4) is 0 Å². The lowest BCUT2D eigenvalue weighted by atomic mass is 10.5. The van der Waals surface area contributed by atoms with E-state index in [2.05, 4.69) is 11.0 Å². The van der Waals surface area contributed by atoms with E-state index in [4.69, 9.17) is 0 Å². The number of hydrogen-bond donors (Lipinski definition) is 2. The molecule has 1 rings (SSSR count). The largest absolute Gasteiger partial charge is 0.407 e. The van der Waals surface area contributed by atoms with Crippen LogP contribution in [0, 0.1) is 0 Å². The van der Waals surface area contributed by atoms with Crippen molar-refractivity contribution in [2.75, 3.05) is 6.54 Å². The molecule has 0 radical (unpaired) electrons. The molecule has 0 aromatic rings. The van der Waals surface area contributed by atoms with Crippen LogP contribution in [0.2, 0.25) is 0 Å². The van der Waals surface area contributed by atoms with Crippen molar-refractivity contribution in [3.63, 3.8) is 0 Å². The summed E-state index contributed by atoms with van der Waals surface area (Å²) in [6.07, 6.45) is -2.71. The van der Waals surface area contributed by atoms with Crippen LogP contribution in [0.5, 0.6) is 0 Å². The quantitative estimate of drug-likeness (QED) is 0.603. The van der Waals surface area contributed by atoms with Crippen molar-refractivity contribution in [2.45, 2.75) is 13.1 Å². The smallest absolute Gasteiger partial charge is 0.309 e. The monoisotopic (exact) mass is 167 g/mol. The fourth-order valence-corrected chi connectivity index (χ4v) is 0.724. The first-order chi connectivity index (χ1) is 4.99. The minimum absolute atomic E-state index is 0.516.